The molecule has 1 atom stereocenters. The number of furan rings is 1. The van der Waals surface area contributed by atoms with Gasteiger partial charge in [-0.3, -0.25) is 9.59 Å². The van der Waals surface area contributed by atoms with Gasteiger partial charge in [0.2, 0.25) is 0 Å². The van der Waals surface area contributed by atoms with E-state index in [2.05, 4.69) is 19.2 Å². The van der Waals surface area contributed by atoms with Crippen LogP contribution in [0.5, 0.6) is 0 Å². The molecule has 0 aliphatic heterocycles. The van der Waals surface area contributed by atoms with E-state index in [4.69, 9.17) is 4.42 Å². The quantitative estimate of drug-likeness (QED) is 0.794. The van der Waals surface area contributed by atoms with E-state index < -0.39 is 0 Å². The molecule has 0 bridgehead atoms. The van der Waals surface area contributed by atoms with Crippen molar-refractivity contribution < 1.29 is 14.0 Å². The van der Waals surface area contributed by atoms with Gasteiger partial charge >= 0.3 is 0 Å². The summed E-state index contributed by atoms with van der Waals surface area (Å²) in [5.74, 6) is 1.16. The van der Waals surface area contributed by atoms with Crippen LogP contribution in [-0.2, 0) is 6.42 Å². The Labute approximate surface area is 155 Å². The Kier molecular flexibility index (Phi) is 5.60. The van der Waals surface area contributed by atoms with E-state index in [-0.39, 0.29) is 23.5 Å². The van der Waals surface area contributed by atoms with Crippen molar-refractivity contribution in [1.82, 2.24) is 5.32 Å². The summed E-state index contributed by atoms with van der Waals surface area (Å²) in [4.78, 5) is 25.2. The van der Waals surface area contributed by atoms with E-state index in [0.29, 0.717) is 29.2 Å². The molecule has 0 radical (unpaired) electrons. The Morgan fingerprint density at radius 2 is 1.85 bits per heavy atom. The number of hydrogen-bond acceptors (Lipinski definition) is 3. The minimum atomic E-state index is -0.231. The number of benzene rings is 1. The highest BCUT2D eigenvalue weighted by molar-refractivity contribution is 6.03. The number of nitrogens with one attached hydrogen (secondary N) is 1. The Hall–Kier alpha value is -2.36. The fraction of sp³-hybridized carbons (Fsp3) is 0.455. The van der Waals surface area contributed by atoms with Crippen LogP contribution in [-0.4, -0.2) is 11.7 Å². The van der Waals surface area contributed by atoms with Crippen LogP contribution in [0.3, 0.4) is 0 Å². The summed E-state index contributed by atoms with van der Waals surface area (Å²) < 4.78 is 5.82. The highest BCUT2D eigenvalue weighted by atomic mass is 16.4. The molecular formula is C22H27NO3. The monoisotopic (exact) mass is 353 g/mol. The average Bonchev–Trinajstić information content (AvgIpc) is 3.00. The molecule has 26 heavy (non-hydrogen) atoms. The molecule has 1 amide bonds. The molecule has 1 aliphatic rings. The van der Waals surface area contributed by atoms with Crippen LogP contribution < -0.4 is 5.32 Å². The molecule has 1 aliphatic carbocycles. The molecule has 0 spiro atoms. The third-order valence-corrected chi connectivity index (χ3v) is 5.48. The van der Waals surface area contributed by atoms with Gasteiger partial charge in [-0.05, 0) is 24.8 Å². The molecular weight excluding hydrogens is 326 g/mol. The number of Topliss-reactive ketones (excluding diaryl/α,β-unsaturated/α-hetero) is 1. The second-order valence-electron chi connectivity index (χ2n) is 7.07. The van der Waals surface area contributed by atoms with Crippen LogP contribution in [0, 0.1) is 12.8 Å². The molecule has 1 aromatic carbocycles. The van der Waals surface area contributed by atoms with Gasteiger partial charge in [0.25, 0.3) is 5.91 Å². The number of amides is 1. The van der Waals surface area contributed by atoms with Crippen LogP contribution in [0.1, 0.15) is 83.4 Å². The van der Waals surface area contributed by atoms with Gasteiger partial charge < -0.3 is 9.73 Å². The first-order valence-electron chi connectivity index (χ1n) is 9.58. The second-order valence-corrected chi connectivity index (χ2v) is 7.07. The summed E-state index contributed by atoms with van der Waals surface area (Å²) in [5.41, 5.74) is 2.40. The SMILES string of the molecule is CCC(CC)C(NC(=O)c1oc2c(c1C)C(=O)CCC2)c1ccccc1. The summed E-state index contributed by atoms with van der Waals surface area (Å²) in [6.07, 6.45) is 4.00. The first-order chi connectivity index (χ1) is 12.6. The molecule has 1 N–H and O–H groups in total. The molecule has 1 heterocycles. The standard InChI is InChI=1S/C22H27NO3/c1-4-15(5-2)20(16-10-7-6-8-11-16)23-22(25)21-14(3)19-17(24)12-9-13-18(19)26-21/h6-8,10-11,15,20H,4-5,9,12-13H2,1-3H3,(H,23,25). The Morgan fingerprint density at radius 1 is 1.15 bits per heavy atom. The summed E-state index contributed by atoms with van der Waals surface area (Å²) in [6, 6.07) is 9.99. The zero-order chi connectivity index (χ0) is 18.7. The Balaban J connectivity index is 1.90. The van der Waals surface area contributed by atoms with Gasteiger partial charge in [0.1, 0.15) is 5.76 Å². The molecule has 4 nitrogen and oxygen atoms in total. The van der Waals surface area contributed by atoms with E-state index in [1.54, 1.807) is 0 Å². The van der Waals surface area contributed by atoms with Gasteiger partial charge in [-0.15, -0.1) is 0 Å². The number of carbonyl (C=O) groups is 2. The summed E-state index contributed by atoms with van der Waals surface area (Å²) in [7, 11) is 0. The van der Waals surface area contributed by atoms with Crippen molar-refractivity contribution >= 4 is 11.7 Å². The maximum Gasteiger partial charge on any atom is 0.287 e. The number of aryl methyl sites for hydroxylation is 1. The van der Waals surface area contributed by atoms with Crippen LogP contribution in [0.4, 0.5) is 0 Å². The van der Waals surface area contributed by atoms with E-state index in [0.717, 1.165) is 31.2 Å². The predicted molar refractivity (Wildman–Crippen MR) is 101 cm³/mol. The molecule has 138 valence electrons. The second kappa shape index (κ2) is 7.90. The fourth-order valence-corrected chi connectivity index (χ4v) is 3.97. The molecule has 1 aromatic heterocycles. The maximum absolute atomic E-state index is 13.0. The predicted octanol–water partition coefficient (Wildman–Crippen LogP) is 5.01. The van der Waals surface area contributed by atoms with Gasteiger partial charge in [0.05, 0.1) is 11.6 Å². The van der Waals surface area contributed by atoms with Crippen molar-refractivity contribution in [3.63, 3.8) is 0 Å². The molecule has 0 saturated carbocycles. The van der Waals surface area contributed by atoms with Crippen LogP contribution in [0.2, 0.25) is 0 Å². The van der Waals surface area contributed by atoms with Crippen molar-refractivity contribution in [1.29, 1.82) is 0 Å². The Bertz CT molecular complexity index is 787. The molecule has 2 aromatic rings. The maximum atomic E-state index is 13.0. The van der Waals surface area contributed by atoms with Crippen LogP contribution >= 0.6 is 0 Å². The van der Waals surface area contributed by atoms with E-state index >= 15 is 0 Å². The zero-order valence-electron chi connectivity index (χ0n) is 15.8. The van der Waals surface area contributed by atoms with Crippen molar-refractivity contribution in [2.24, 2.45) is 5.92 Å². The fourth-order valence-electron chi connectivity index (χ4n) is 3.97. The smallest absolute Gasteiger partial charge is 0.287 e. The van der Waals surface area contributed by atoms with Crippen LogP contribution in [0.15, 0.2) is 34.7 Å². The number of carbonyl (C=O) groups excluding carboxylic acids is 2. The highest BCUT2D eigenvalue weighted by Crippen LogP contribution is 2.31. The minimum absolute atomic E-state index is 0.0732. The van der Waals surface area contributed by atoms with Crippen LogP contribution in [0.25, 0.3) is 0 Å². The number of ketones is 1. The average molecular weight is 353 g/mol. The molecule has 0 saturated heterocycles. The van der Waals surface area contributed by atoms with Gasteiger partial charge in [-0.1, -0.05) is 57.0 Å². The lowest BCUT2D eigenvalue weighted by molar-refractivity contribution is 0.0886. The number of rotatable bonds is 6. The number of fused-ring (bicyclic) bond motifs is 1. The minimum Gasteiger partial charge on any atom is -0.455 e. The first kappa shape index (κ1) is 18.4. The summed E-state index contributed by atoms with van der Waals surface area (Å²) >= 11 is 0. The lowest BCUT2D eigenvalue weighted by Gasteiger charge is -2.26. The largest absolute Gasteiger partial charge is 0.455 e. The van der Waals surface area contributed by atoms with Crippen molar-refractivity contribution in [3.8, 4) is 0 Å². The van der Waals surface area contributed by atoms with Gasteiger partial charge in [-0.25, -0.2) is 0 Å². The van der Waals surface area contributed by atoms with E-state index in [1.807, 2.05) is 37.3 Å². The molecule has 1 unspecified atom stereocenters. The summed E-state index contributed by atoms with van der Waals surface area (Å²) in [6.45, 7) is 6.10. The Morgan fingerprint density at radius 3 is 2.46 bits per heavy atom. The van der Waals surface area contributed by atoms with Crippen molar-refractivity contribution in [3.05, 3.63) is 58.5 Å². The third-order valence-electron chi connectivity index (χ3n) is 5.48. The normalized spacial score (nSPS) is 15.0. The zero-order valence-corrected chi connectivity index (χ0v) is 15.8. The van der Waals surface area contributed by atoms with Gasteiger partial charge in [0.15, 0.2) is 11.5 Å². The number of hydrogen-bond donors (Lipinski definition) is 1. The van der Waals surface area contributed by atoms with E-state index in [9.17, 15) is 9.59 Å². The first-order valence-corrected chi connectivity index (χ1v) is 9.58. The van der Waals surface area contributed by atoms with Gasteiger partial charge in [0, 0.05) is 18.4 Å². The topological polar surface area (TPSA) is 59.3 Å². The van der Waals surface area contributed by atoms with Crippen molar-refractivity contribution in [2.45, 2.75) is 58.9 Å². The molecule has 0 fully saturated rings. The lowest BCUT2D eigenvalue weighted by Crippen LogP contribution is -2.33. The van der Waals surface area contributed by atoms with E-state index in [1.165, 1.54) is 0 Å². The lowest BCUT2D eigenvalue weighted by atomic mass is 9.88. The summed E-state index contributed by atoms with van der Waals surface area (Å²) in [5, 5.41) is 3.17. The highest BCUT2D eigenvalue weighted by Gasteiger charge is 2.30. The van der Waals surface area contributed by atoms with Gasteiger partial charge in [-0.2, -0.15) is 0 Å². The molecule has 4 heteroatoms. The van der Waals surface area contributed by atoms with Crippen molar-refractivity contribution in [2.75, 3.05) is 0 Å². The molecule has 3 rings (SSSR count). The third kappa shape index (κ3) is 3.46.